The van der Waals surface area contributed by atoms with Crippen LogP contribution in [0.4, 0.5) is 4.39 Å². The number of aliphatic hydroxyl groups is 1. The Hall–Kier alpha value is -2.29. The summed E-state index contributed by atoms with van der Waals surface area (Å²) in [6.45, 7) is 2.34. The van der Waals surface area contributed by atoms with Gasteiger partial charge in [-0.3, -0.25) is 4.98 Å². The SMILES string of the molecule is N#Cc1ccc(C2CCN(CC(O)c3ccc(F)cc3)CC2)nc1. The summed E-state index contributed by atoms with van der Waals surface area (Å²) in [4.78, 5) is 6.62. The Balaban J connectivity index is 1.53. The molecule has 0 amide bonds. The summed E-state index contributed by atoms with van der Waals surface area (Å²) in [6.07, 6.45) is 2.99. The standard InChI is InChI=1S/C19H20FN3O/c20-17-4-2-16(3-5-17)19(24)13-23-9-7-15(8-10-23)18-6-1-14(11-21)12-22-18/h1-6,12,15,19,24H,7-10,13H2. The molecule has 1 fully saturated rings. The van der Waals surface area contributed by atoms with Gasteiger partial charge in [-0.15, -0.1) is 0 Å². The highest BCUT2D eigenvalue weighted by atomic mass is 19.1. The Bertz CT molecular complexity index is 701. The highest BCUT2D eigenvalue weighted by Gasteiger charge is 2.23. The normalized spacial score (nSPS) is 17.4. The third-order valence-corrected chi connectivity index (χ3v) is 4.61. The quantitative estimate of drug-likeness (QED) is 0.939. The fourth-order valence-electron chi connectivity index (χ4n) is 3.16. The van der Waals surface area contributed by atoms with Gasteiger partial charge in [0.25, 0.3) is 0 Å². The largest absolute Gasteiger partial charge is 0.387 e. The minimum absolute atomic E-state index is 0.290. The summed E-state index contributed by atoms with van der Waals surface area (Å²) in [5.74, 6) is 0.110. The van der Waals surface area contributed by atoms with Crippen molar-refractivity contribution in [1.29, 1.82) is 5.26 Å². The van der Waals surface area contributed by atoms with Crippen molar-refractivity contribution in [2.45, 2.75) is 24.9 Å². The van der Waals surface area contributed by atoms with Crippen LogP contribution in [0.15, 0.2) is 42.6 Å². The summed E-state index contributed by atoms with van der Waals surface area (Å²) in [7, 11) is 0. The van der Waals surface area contributed by atoms with Gasteiger partial charge >= 0.3 is 0 Å². The maximum atomic E-state index is 12.9. The molecular formula is C19H20FN3O. The number of nitriles is 1. The van der Waals surface area contributed by atoms with Crippen molar-refractivity contribution in [2.24, 2.45) is 0 Å². The summed E-state index contributed by atoms with van der Waals surface area (Å²) >= 11 is 0. The number of pyridine rings is 1. The van der Waals surface area contributed by atoms with E-state index in [1.165, 1.54) is 12.1 Å². The number of hydrogen-bond acceptors (Lipinski definition) is 4. The first-order chi connectivity index (χ1) is 11.7. The lowest BCUT2D eigenvalue weighted by atomic mass is 9.92. The van der Waals surface area contributed by atoms with Crippen molar-refractivity contribution in [3.05, 3.63) is 65.2 Å². The van der Waals surface area contributed by atoms with Crippen LogP contribution in [0.25, 0.3) is 0 Å². The van der Waals surface area contributed by atoms with Crippen LogP contribution >= 0.6 is 0 Å². The first-order valence-corrected chi connectivity index (χ1v) is 8.17. The lowest BCUT2D eigenvalue weighted by Crippen LogP contribution is -2.36. The Labute approximate surface area is 141 Å². The molecule has 0 aliphatic carbocycles. The van der Waals surface area contributed by atoms with E-state index in [4.69, 9.17) is 5.26 Å². The third kappa shape index (κ3) is 3.97. The van der Waals surface area contributed by atoms with Crippen molar-refractivity contribution in [1.82, 2.24) is 9.88 Å². The Morgan fingerprint density at radius 1 is 1.21 bits per heavy atom. The molecule has 0 radical (unpaired) electrons. The minimum Gasteiger partial charge on any atom is -0.387 e. The van der Waals surface area contributed by atoms with Crippen LogP contribution < -0.4 is 0 Å². The van der Waals surface area contributed by atoms with E-state index in [9.17, 15) is 9.50 Å². The van der Waals surface area contributed by atoms with Crippen LogP contribution in [0.3, 0.4) is 0 Å². The van der Waals surface area contributed by atoms with Gasteiger partial charge in [-0.2, -0.15) is 5.26 Å². The topological polar surface area (TPSA) is 60.2 Å². The molecule has 1 N–H and O–H groups in total. The lowest BCUT2D eigenvalue weighted by molar-refractivity contribution is 0.0969. The zero-order valence-electron chi connectivity index (χ0n) is 13.4. The Morgan fingerprint density at radius 2 is 1.92 bits per heavy atom. The Morgan fingerprint density at radius 3 is 2.50 bits per heavy atom. The van der Waals surface area contributed by atoms with Crippen molar-refractivity contribution in [3.8, 4) is 6.07 Å². The Kier molecular flexibility index (Phi) is 5.19. The van der Waals surface area contributed by atoms with Crippen LogP contribution in [0.2, 0.25) is 0 Å². The highest BCUT2D eigenvalue weighted by molar-refractivity contribution is 5.27. The van der Waals surface area contributed by atoms with E-state index < -0.39 is 6.10 Å². The number of rotatable bonds is 4. The number of likely N-dealkylation sites (tertiary alicyclic amines) is 1. The lowest BCUT2D eigenvalue weighted by Gasteiger charge is -2.33. The number of β-amino-alcohol motifs (C(OH)–C–C–N with tert-alkyl or cyclic N) is 1. The first kappa shape index (κ1) is 16.6. The molecule has 124 valence electrons. The van der Waals surface area contributed by atoms with Gasteiger partial charge in [-0.25, -0.2) is 4.39 Å². The molecule has 1 saturated heterocycles. The molecule has 0 spiro atoms. The number of hydrogen-bond donors (Lipinski definition) is 1. The zero-order valence-corrected chi connectivity index (χ0v) is 13.4. The zero-order chi connectivity index (χ0) is 16.9. The number of benzene rings is 1. The maximum Gasteiger partial charge on any atom is 0.123 e. The van der Waals surface area contributed by atoms with E-state index in [-0.39, 0.29) is 5.82 Å². The molecule has 24 heavy (non-hydrogen) atoms. The van der Waals surface area contributed by atoms with E-state index in [0.717, 1.165) is 37.2 Å². The summed E-state index contributed by atoms with van der Waals surface area (Å²) in [5, 5.41) is 19.1. The smallest absolute Gasteiger partial charge is 0.123 e. The van der Waals surface area contributed by atoms with Gasteiger partial charge in [0.2, 0.25) is 0 Å². The molecule has 5 heteroatoms. The molecule has 1 unspecified atom stereocenters. The van der Waals surface area contributed by atoms with Gasteiger partial charge in [-0.05, 0) is 55.8 Å². The van der Waals surface area contributed by atoms with Gasteiger partial charge in [0.15, 0.2) is 0 Å². The monoisotopic (exact) mass is 325 g/mol. The number of halogens is 1. The predicted molar refractivity (Wildman–Crippen MR) is 88.7 cm³/mol. The van der Waals surface area contributed by atoms with E-state index in [1.807, 2.05) is 12.1 Å². The highest BCUT2D eigenvalue weighted by Crippen LogP contribution is 2.27. The average molecular weight is 325 g/mol. The predicted octanol–water partition coefficient (Wildman–Crippen LogP) is 3.01. The van der Waals surface area contributed by atoms with Gasteiger partial charge < -0.3 is 10.0 Å². The second-order valence-electron chi connectivity index (χ2n) is 6.23. The average Bonchev–Trinajstić information content (AvgIpc) is 2.63. The van der Waals surface area contributed by atoms with Crippen LogP contribution in [0.1, 0.15) is 41.7 Å². The number of aromatic nitrogens is 1. The van der Waals surface area contributed by atoms with Crippen molar-refractivity contribution < 1.29 is 9.50 Å². The number of nitrogens with zero attached hydrogens (tertiary/aromatic N) is 3. The maximum absolute atomic E-state index is 12.9. The summed E-state index contributed by atoms with van der Waals surface area (Å²) in [6, 6.07) is 11.8. The minimum atomic E-state index is -0.602. The fourth-order valence-corrected chi connectivity index (χ4v) is 3.16. The van der Waals surface area contributed by atoms with Gasteiger partial charge in [0, 0.05) is 24.4 Å². The van der Waals surface area contributed by atoms with Crippen molar-refractivity contribution >= 4 is 0 Å². The molecule has 1 atom stereocenters. The second kappa shape index (κ2) is 7.52. The van der Waals surface area contributed by atoms with Crippen LogP contribution in [-0.4, -0.2) is 34.6 Å². The molecular weight excluding hydrogens is 305 g/mol. The third-order valence-electron chi connectivity index (χ3n) is 4.61. The molecule has 0 bridgehead atoms. The first-order valence-electron chi connectivity index (χ1n) is 8.17. The van der Waals surface area contributed by atoms with Crippen LogP contribution in [-0.2, 0) is 0 Å². The molecule has 0 saturated carbocycles. The second-order valence-corrected chi connectivity index (χ2v) is 6.23. The van der Waals surface area contributed by atoms with E-state index in [0.29, 0.717) is 18.0 Å². The van der Waals surface area contributed by atoms with Gasteiger partial charge in [0.05, 0.1) is 11.7 Å². The van der Waals surface area contributed by atoms with E-state index >= 15 is 0 Å². The van der Waals surface area contributed by atoms with Gasteiger partial charge in [0.1, 0.15) is 11.9 Å². The summed E-state index contributed by atoms with van der Waals surface area (Å²) < 4.78 is 12.9. The van der Waals surface area contributed by atoms with Crippen molar-refractivity contribution in [3.63, 3.8) is 0 Å². The fraction of sp³-hybridized carbons (Fsp3) is 0.368. The number of piperidine rings is 1. The molecule has 3 rings (SSSR count). The molecule has 1 aliphatic rings. The molecule has 1 aliphatic heterocycles. The van der Waals surface area contributed by atoms with E-state index in [1.54, 1.807) is 18.3 Å². The van der Waals surface area contributed by atoms with Crippen LogP contribution in [0.5, 0.6) is 0 Å². The number of aliphatic hydroxyl groups excluding tert-OH is 1. The van der Waals surface area contributed by atoms with E-state index in [2.05, 4.69) is 16.0 Å². The molecule has 2 heterocycles. The summed E-state index contributed by atoms with van der Waals surface area (Å²) in [5.41, 5.74) is 2.36. The van der Waals surface area contributed by atoms with Crippen molar-refractivity contribution in [2.75, 3.05) is 19.6 Å². The molecule has 1 aromatic carbocycles. The van der Waals surface area contributed by atoms with Gasteiger partial charge in [-0.1, -0.05) is 12.1 Å². The molecule has 4 nitrogen and oxygen atoms in total. The van der Waals surface area contributed by atoms with Crippen LogP contribution in [0, 0.1) is 17.1 Å². The molecule has 1 aromatic heterocycles. The molecule has 2 aromatic rings.